The normalized spacial score (nSPS) is 13.4. The van der Waals surface area contributed by atoms with E-state index in [1.54, 1.807) is 7.05 Å². The number of hydrogen-bond acceptors (Lipinski definition) is 6. The monoisotopic (exact) mass is 669 g/mol. The Morgan fingerprint density at radius 2 is 1.10 bits per heavy atom. The van der Waals surface area contributed by atoms with E-state index in [4.69, 9.17) is 9.05 Å². The number of aryl methyl sites for hydroxylation is 1. The van der Waals surface area contributed by atoms with E-state index < -0.39 is 25.5 Å². The van der Waals surface area contributed by atoms with E-state index in [0.717, 1.165) is 22.3 Å². The van der Waals surface area contributed by atoms with Crippen LogP contribution in [0.4, 0.5) is 0 Å². The summed E-state index contributed by atoms with van der Waals surface area (Å²) in [4.78, 5) is 27.0. The van der Waals surface area contributed by atoms with Gasteiger partial charge in [0.2, 0.25) is 11.8 Å². The van der Waals surface area contributed by atoms with Gasteiger partial charge in [0.15, 0.2) is 0 Å². The molecular formula is C39H48N3O5P. The lowest BCUT2D eigenvalue weighted by molar-refractivity contribution is -0.130. The first-order valence-corrected chi connectivity index (χ1v) is 18.2. The molecule has 48 heavy (non-hydrogen) atoms. The highest BCUT2D eigenvalue weighted by molar-refractivity contribution is 7.54. The van der Waals surface area contributed by atoms with E-state index >= 15 is 4.57 Å². The van der Waals surface area contributed by atoms with Crippen LogP contribution in [0.1, 0.15) is 48.9 Å². The van der Waals surface area contributed by atoms with Crippen LogP contribution in [0.2, 0.25) is 0 Å². The maximum Gasteiger partial charge on any atom is 0.348 e. The Labute approximate surface area is 285 Å². The Kier molecular flexibility index (Phi) is 14.6. The number of nitrogens with one attached hydrogen (secondary N) is 3. The predicted molar refractivity (Wildman–Crippen MR) is 191 cm³/mol. The predicted octanol–water partition coefficient (Wildman–Crippen LogP) is 7.05. The van der Waals surface area contributed by atoms with Gasteiger partial charge in [0.1, 0.15) is 11.8 Å². The highest BCUT2D eigenvalue weighted by Gasteiger charge is 2.39. The molecule has 0 saturated carbocycles. The average molecular weight is 670 g/mol. The van der Waals surface area contributed by atoms with Gasteiger partial charge < -0.3 is 19.7 Å². The summed E-state index contributed by atoms with van der Waals surface area (Å²) in [7, 11) is -2.36. The largest absolute Gasteiger partial charge is 0.357 e. The van der Waals surface area contributed by atoms with E-state index in [-0.39, 0.29) is 30.9 Å². The molecule has 0 aliphatic carbocycles. The molecule has 0 heterocycles. The average Bonchev–Trinajstić information content (AvgIpc) is 3.12. The molecule has 254 valence electrons. The van der Waals surface area contributed by atoms with Gasteiger partial charge in [-0.15, -0.1) is 0 Å². The topological polar surface area (TPSA) is 106 Å². The molecule has 0 aliphatic rings. The first-order valence-electron chi connectivity index (χ1n) is 16.6. The molecule has 3 N–H and O–H groups in total. The van der Waals surface area contributed by atoms with Crippen LogP contribution in [-0.2, 0) is 49.3 Å². The van der Waals surface area contributed by atoms with E-state index in [1.165, 1.54) is 0 Å². The molecule has 0 aromatic heterocycles. The third-order valence-electron chi connectivity index (χ3n) is 8.02. The molecule has 4 aromatic rings. The lowest BCUT2D eigenvalue weighted by Gasteiger charge is -2.32. The smallest absolute Gasteiger partial charge is 0.348 e. The Bertz CT molecular complexity index is 1530. The number of likely N-dealkylation sites (N-methyl/N-ethyl adjacent to an activating group) is 1. The highest BCUT2D eigenvalue weighted by atomic mass is 31.2. The van der Waals surface area contributed by atoms with Gasteiger partial charge in [-0.3, -0.25) is 19.5 Å². The molecule has 0 spiro atoms. The quantitative estimate of drug-likeness (QED) is 0.0925. The Morgan fingerprint density at radius 1 is 0.646 bits per heavy atom. The summed E-state index contributed by atoms with van der Waals surface area (Å²) in [6, 6.07) is 37.0. The number of rotatable bonds is 19. The lowest BCUT2D eigenvalue weighted by Crippen LogP contribution is -2.55. The summed E-state index contributed by atoms with van der Waals surface area (Å²) < 4.78 is 27.6. The second kappa shape index (κ2) is 19.1. The molecule has 3 atom stereocenters. The van der Waals surface area contributed by atoms with Crippen LogP contribution in [0, 0.1) is 5.92 Å². The Morgan fingerprint density at radius 3 is 1.56 bits per heavy atom. The number of hydrogen-bond donors (Lipinski definition) is 3. The van der Waals surface area contributed by atoms with Gasteiger partial charge in [0.05, 0.1) is 19.3 Å². The van der Waals surface area contributed by atoms with Gasteiger partial charge in [-0.2, -0.15) is 0 Å². The third kappa shape index (κ3) is 11.9. The van der Waals surface area contributed by atoms with Crippen molar-refractivity contribution in [1.29, 1.82) is 0 Å². The molecule has 0 saturated heterocycles. The van der Waals surface area contributed by atoms with Crippen LogP contribution in [0.15, 0.2) is 121 Å². The molecule has 4 rings (SSSR count). The van der Waals surface area contributed by atoms with E-state index in [1.807, 2.05) is 135 Å². The highest BCUT2D eigenvalue weighted by Crippen LogP contribution is 2.55. The Hall–Kier alpha value is -4.07. The molecule has 0 fully saturated rings. The molecule has 4 aromatic carbocycles. The zero-order chi connectivity index (χ0) is 34.2. The van der Waals surface area contributed by atoms with Crippen molar-refractivity contribution in [3.05, 3.63) is 144 Å². The molecule has 0 radical (unpaired) electrons. The van der Waals surface area contributed by atoms with Crippen molar-refractivity contribution in [2.75, 3.05) is 7.05 Å². The third-order valence-corrected chi connectivity index (χ3v) is 10.2. The number of carbonyl (C=O) groups excluding carboxylic acids is 2. The summed E-state index contributed by atoms with van der Waals surface area (Å²) in [5.41, 5.74) is 3.70. The molecule has 2 amide bonds. The van der Waals surface area contributed by atoms with Gasteiger partial charge in [-0.1, -0.05) is 135 Å². The van der Waals surface area contributed by atoms with Gasteiger partial charge in [0, 0.05) is 13.5 Å². The van der Waals surface area contributed by atoms with Crippen LogP contribution in [0.25, 0.3) is 0 Å². The second-order valence-electron chi connectivity index (χ2n) is 12.3. The van der Waals surface area contributed by atoms with Gasteiger partial charge in [0.25, 0.3) is 0 Å². The minimum atomic E-state index is -3.92. The molecule has 0 bridgehead atoms. The summed E-state index contributed by atoms with van der Waals surface area (Å²) >= 11 is 0. The van der Waals surface area contributed by atoms with Crippen LogP contribution in [0.3, 0.4) is 0 Å². The van der Waals surface area contributed by atoms with Crippen LogP contribution in [0.5, 0.6) is 0 Å². The molecular weight excluding hydrogens is 621 g/mol. The minimum Gasteiger partial charge on any atom is -0.357 e. The summed E-state index contributed by atoms with van der Waals surface area (Å²) in [6.45, 7) is 4.21. The molecule has 9 heteroatoms. The molecule has 8 nitrogen and oxygen atoms in total. The maximum atomic E-state index is 15.0. The molecule has 0 aliphatic heterocycles. The summed E-state index contributed by atoms with van der Waals surface area (Å²) in [6.07, 6.45) is 1.74. The summed E-state index contributed by atoms with van der Waals surface area (Å²) in [5.74, 6) is -1.35. The minimum absolute atomic E-state index is 0.0767. The van der Waals surface area contributed by atoms with Crippen molar-refractivity contribution in [3.63, 3.8) is 0 Å². The fourth-order valence-electron chi connectivity index (χ4n) is 5.44. The van der Waals surface area contributed by atoms with Crippen molar-refractivity contribution >= 4 is 19.4 Å². The van der Waals surface area contributed by atoms with Crippen LogP contribution in [-0.4, -0.2) is 36.7 Å². The van der Waals surface area contributed by atoms with Gasteiger partial charge in [-0.25, -0.2) is 0 Å². The second-order valence-corrected chi connectivity index (χ2v) is 14.5. The van der Waals surface area contributed by atoms with E-state index in [0.29, 0.717) is 25.7 Å². The Balaban J connectivity index is 1.64. The lowest BCUT2D eigenvalue weighted by atomic mass is 10.0. The first-order chi connectivity index (χ1) is 23.3. The van der Waals surface area contributed by atoms with Crippen molar-refractivity contribution in [2.24, 2.45) is 5.92 Å². The first kappa shape index (κ1) is 36.8. The zero-order valence-electron chi connectivity index (χ0n) is 28.1. The summed E-state index contributed by atoms with van der Waals surface area (Å²) in [5, 5.41) is 9.10. The number of benzene rings is 4. The van der Waals surface area contributed by atoms with E-state index in [9.17, 15) is 9.59 Å². The van der Waals surface area contributed by atoms with Crippen LogP contribution < -0.4 is 16.0 Å². The van der Waals surface area contributed by atoms with Crippen molar-refractivity contribution < 1.29 is 23.2 Å². The van der Waals surface area contributed by atoms with E-state index in [2.05, 4.69) is 16.0 Å². The van der Waals surface area contributed by atoms with Gasteiger partial charge in [-0.05, 0) is 47.4 Å². The standard InChI is InChI=1S/C39H48N3O5P/c1-30(2)26-35(39(44)42-36(38(43)40-3)27-32-18-10-5-11-19-32)41-37(25-24-31-16-8-4-9-17-31)48(45,46-28-33-20-12-6-13-21-33)47-29-34-22-14-7-15-23-34/h4-23,30,35-37,41H,24-29H2,1-3H3,(H,40,43)(H,42,44)/t35-,36?,37-/m0/s1. The molecule has 1 unspecified atom stereocenters. The van der Waals surface area contributed by atoms with Gasteiger partial charge >= 0.3 is 7.60 Å². The van der Waals surface area contributed by atoms with Crippen molar-refractivity contribution in [2.45, 2.75) is 70.6 Å². The number of carbonyl (C=O) groups is 2. The fraction of sp³-hybridized carbons (Fsp3) is 0.333. The SMILES string of the molecule is CNC(=O)C(Cc1ccccc1)NC(=O)[C@H](CC(C)C)N[C@H](CCc1ccccc1)P(=O)(OCc1ccccc1)OCc1ccccc1. The maximum absolute atomic E-state index is 15.0. The zero-order valence-corrected chi connectivity index (χ0v) is 29.0. The fourth-order valence-corrected chi connectivity index (χ4v) is 7.34. The number of amides is 2. The van der Waals surface area contributed by atoms with Crippen molar-refractivity contribution in [1.82, 2.24) is 16.0 Å². The van der Waals surface area contributed by atoms with Crippen molar-refractivity contribution in [3.8, 4) is 0 Å². The van der Waals surface area contributed by atoms with Crippen LogP contribution >= 0.6 is 7.60 Å².